The first kappa shape index (κ1) is 18.9. The summed E-state index contributed by atoms with van der Waals surface area (Å²) in [6, 6.07) is 13.2. The van der Waals surface area contributed by atoms with Gasteiger partial charge in [-0.25, -0.2) is 0 Å². The fourth-order valence-electron chi connectivity index (χ4n) is 5.48. The highest BCUT2D eigenvalue weighted by Crippen LogP contribution is 2.63. The van der Waals surface area contributed by atoms with E-state index < -0.39 is 17.8 Å². The highest BCUT2D eigenvalue weighted by Gasteiger charge is 2.62. The molecule has 2 N–H and O–H groups in total. The number of carboxylic acid groups (broad SMARTS) is 1. The van der Waals surface area contributed by atoms with Gasteiger partial charge >= 0.3 is 5.97 Å². The van der Waals surface area contributed by atoms with Crippen LogP contribution in [0.25, 0.3) is 0 Å². The number of para-hydroxylation sites is 1. The van der Waals surface area contributed by atoms with Crippen LogP contribution in [0.2, 0.25) is 0 Å². The van der Waals surface area contributed by atoms with Gasteiger partial charge < -0.3 is 15.2 Å². The molecular weight excluding hydrogens is 378 g/mol. The molecule has 5 nitrogen and oxygen atoms in total. The maximum absolute atomic E-state index is 13.1. The number of carbonyl (C=O) groups is 2. The Morgan fingerprint density at radius 2 is 1.53 bits per heavy atom. The molecule has 5 heteroatoms. The van der Waals surface area contributed by atoms with Crippen molar-refractivity contribution < 1.29 is 19.4 Å². The van der Waals surface area contributed by atoms with Gasteiger partial charge in [0.15, 0.2) is 0 Å². The Bertz CT molecular complexity index is 1020. The van der Waals surface area contributed by atoms with Gasteiger partial charge in [0, 0.05) is 5.69 Å². The van der Waals surface area contributed by atoms with Crippen molar-refractivity contribution in [3.8, 4) is 11.5 Å². The van der Waals surface area contributed by atoms with Crippen LogP contribution in [-0.2, 0) is 9.59 Å². The van der Waals surface area contributed by atoms with Gasteiger partial charge in [-0.15, -0.1) is 0 Å². The topological polar surface area (TPSA) is 75.6 Å². The SMILES string of the molecule is Cc1cccc(C)c1Oc1ccc(NC(=O)[C@H]2[C@@H]3C=C[C@H]([C@H]4C[C@H]34)[C@@H]2C(=O)O)cc1. The quantitative estimate of drug-likeness (QED) is 0.703. The Kier molecular flexibility index (Phi) is 4.42. The number of rotatable bonds is 5. The van der Waals surface area contributed by atoms with Crippen LogP contribution in [-0.4, -0.2) is 17.0 Å². The third kappa shape index (κ3) is 3.09. The first-order valence-electron chi connectivity index (χ1n) is 10.5. The van der Waals surface area contributed by atoms with E-state index in [1.165, 1.54) is 0 Å². The maximum atomic E-state index is 13.1. The lowest BCUT2D eigenvalue weighted by molar-refractivity contribution is -0.152. The fourth-order valence-corrected chi connectivity index (χ4v) is 5.48. The van der Waals surface area contributed by atoms with Crippen LogP contribution in [0.4, 0.5) is 5.69 Å². The van der Waals surface area contributed by atoms with Crippen molar-refractivity contribution in [2.45, 2.75) is 20.3 Å². The van der Waals surface area contributed by atoms with Gasteiger partial charge in [-0.2, -0.15) is 0 Å². The number of aryl methyl sites for hydroxylation is 2. The van der Waals surface area contributed by atoms with Crippen LogP contribution >= 0.6 is 0 Å². The number of ether oxygens (including phenoxy) is 1. The van der Waals surface area contributed by atoms with Crippen LogP contribution in [0.1, 0.15) is 17.5 Å². The summed E-state index contributed by atoms with van der Waals surface area (Å²) in [5.74, 6) is 0.270. The molecule has 6 atom stereocenters. The molecule has 154 valence electrons. The molecule has 0 radical (unpaired) electrons. The molecule has 0 aromatic heterocycles. The average Bonchev–Trinajstić information content (AvgIpc) is 3.54. The van der Waals surface area contributed by atoms with Gasteiger partial charge in [-0.3, -0.25) is 9.59 Å². The summed E-state index contributed by atoms with van der Waals surface area (Å²) in [4.78, 5) is 25.0. The van der Waals surface area contributed by atoms with E-state index in [1.54, 1.807) is 12.1 Å². The lowest BCUT2D eigenvalue weighted by atomic mass is 9.62. The smallest absolute Gasteiger partial charge is 0.307 e. The maximum Gasteiger partial charge on any atom is 0.307 e. The van der Waals surface area contributed by atoms with E-state index in [4.69, 9.17) is 4.74 Å². The Balaban J connectivity index is 1.31. The van der Waals surface area contributed by atoms with E-state index in [0.717, 1.165) is 23.3 Å². The van der Waals surface area contributed by atoms with Gasteiger partial charge in [0.1, 0.15) is 11.5 Å². The van der Waals surface area contributed by atoms with Crippen molar-refractivity contribution in [3.63, 3.8) is 0 Å². The van der Waals surface area contributed by atoms with Crippen molar-refractivity contribution in [1.29, 1.82) is 0 Å². The molecule has 0 unspecified atom stereocenters. The molecule has 6 rings (SSSR count). The number of allylic oxidation sites excluding steroid dienone is 2. The predicted molar refractivity (Wildman–Crippen MR) is 113 cm³/mol. The lowest BCUT2D eigenvalue weighted by Gasteiger charge is -2.41. The van der Waals surface area contributed by atoms with Gasteiger partial charge in [-0.1, -0.05) is 30.4 Å². The first-order valence-corrected chi connectivity index (χ1v) is 10.5. The van der Waals surface area contributed by atoms with Crippen molar-refractivity contribution in [3.05, 3.63) is 65.7 Å². The third-order valence-electron chi connectivity index (χ3n) is 6.99. The number of hydrogen-bond donors (Lipinski definition) is 2. The highest BCUT2D eigenvalue weighted by molar-refractivity contribution is 5.96. The average molecular weight is 403 g/mol. The molecule has 2 aromatic carbocycles. The molecule has 0 spiro atoms. The summed E-state index contributed by atoms with van der Waals surface area (Å²) < 4.78 is 6.03. The number of carbonyl (C=O) groups excluding carboxylic acids is 1. The molecule has 1 amide bonds. The first-order chi connectivity index (χ1) is 14.4. The Morgan fingerprint density at radius 3 is 2.13 bits per heavy atom. The van der Waals surface area contributed by atoms with Crippen LogP contribution in [0, 0.1) is 49.4 Å². The minimum Gasteiger partial charge on any atom is -0.481 e. The van der Waals surface area contributed by atoms with E-state index in [2.05, 4.69) is 11.4 Å². The van der Waals surface area contributed by atoms with Gasteiger partial charge in [-0.05, 0) is 79.3 Å². The molecule has 2 saturated carbocycles. The van der Waals surface area contributed by atoms with Crippen LogP contribution in [0.15, 0.2) is 54.6 Å². The van der Waals surface area contributed by atoms with Crippen molar-refractivity contribution in [1.82, 2.24) is 0 Å². The van der Waals surface area contributed by atoms with E-state index in [1.807, 2.05) is 50.3 Å². The largest absolute Gasteiger partial charge is 0.481 e. The monoisotopic (exact) mass is 403 g/mol. The van der Waals surface area contributed by atoms with Gasteiger partial charge in [0.25, 0.3) is 0 Å². The number of aliphatic carboxylic acids is 1. The fraction of sp³-hybridized carbons (Fsp3) is 0.360. The lowest BCUT2D eigenvalue weighted by Crippen LogP contribution is -2.48. The molecule has 2 aromatic rings. The number of amides is 1. The molecule has 0 heterocycles. The molecular formula is C25H25NO4. The van der Waals surface area contributed by atoms with Gasteiger partial charge in [0.05, 0.1) is 11.8 Å². The minimum atomic E-state index is -0.864. The number of anilines is 1. The summed E-state index contributed by atoms with van der Waals surface area (Å²) in [6.45, 7) is 4.01. The normalized spacial score (nSPS) is 30.5. The van der Waals surface area contributed by atoms with Crippen LogP contribution in [0.5, 0.6) is 11.5 Å². The standard InChI is InChI=1S/C25H25NO4/c1-13-4-3-5-14(2)23(13)30-16-8-6-15(7-9-16)26-24(27)21-17-10-11-18(20-12-19(17)20)22(21)25(28)29/h3-11,17-22H,12H2,1-2H3,(H,26,27)(H,28,29)/t17-,18-,19-,20-,21+,22+/m1/s1. The second-order valence-corrected chi connectivity index (χ2v) is 8.83. The molecule has 30 heavy (non-hydrogen) atoms. The molecule has 2 fully saturated rings. The van der Waals surface area contributed by atoms with Crippen molar-refractivity contribution >= 4 is 17.6 Å². The van der Waals surface area contributed by atoms with Crippen LogP contribution < -0.4 is 10.1 Å². The Hall–Kier alpha value is -3.08. The van der Waals surface area contributed by atoms with Crippen molar-refractivity contribution in [2.75, 3.05) is 5.32 Å². The molecule has 2 bridgehead atoms. The summed E-state index contributed by atoms with van der Waals surface area (Å²) in [6.07, 6.45) is 5.14. The van der Waals surface area contributed by atoms with Crippen LogP contribution in [0.3, 0.4) is 0 Å². The molecule has 4 aliphatic carbocycles. The molecule has 0 saturated heterocycles. The number of fused-ring (bicyclic) bond motifs is 1. The number of nitrogens with one attached hydrogen (secondary N) is 1. The summed E-state index contributed by atoms with van der Waals surface area (Å²) in [7, 11) is 0. The number of hydrogen-bond acceptors (Lipinski definition) is 3. The number of carboxylic acids is 1. The zero-order valence-electron chi connectivity index (χ0n) is 17.0. The zero-order chi connectivity index (χ0) is 21.0. The predicted octanol–water partition coefficient (Wildman–Crippen LogP) is 4.80. The third-order valence-corrected chi connectivity index (χ3v) is 6.99. The summed E-state index contributed by atoms with van der Waals surface area (Å²) in [5.41, 5.74) is 2.77. The molecule has 4 aliphatic rings. The molecule has 0 aliphatic heterocycles. The Morgan fingerprint density at radius 1 is 0.933 bits per heavy atom. The minimum absolute atomic E-state index is 0.0126. The van der Waals surface area contributed by atoms with E-state index in [9.17, 15) is 14.7 Å². The zero-order valence-corrected chi connectivity index (χ0v) is 17.0. The van der Waals surface area contributed by atoms with Gasteiger partial charge in [0.2, 0.25) is 5.91 Å². The Labute approximate surface area is 175 Å². The van der Waals surface area contributed by atoms with E-state index in [-0.39, 0.29) is 17.7 Å². The second-order valence-electron chi connectivity index (χ2n) is 8.83. The van der Waals surface area contributed by atoms with E-state index in [0.29, 0.717) is 23.3 Å². The highest BCUT2D eigenvalue weighted by atomic mass is 16.5. The van der Waals surface area contributed by atoms with E-state index >= 15 is 0 Å². The van der Waals surface area contributed by atoms with Crippen molar-refractivity contribution in [2.24, 2.45) is 35.5 Å². The second kappa shape index (κ2) is 7.01. The summed E-state index contributed by atoms with van der Waals surface area (Å²) >= 11 is 0. The summed E-state index contributed by atoms with van der Waals surface area (Å²) in [5, 5.41) is 12.7. The number of benzene rings is 2.